The lowest BCUT2D eigenvalue weighted by Crippen LogP contribution is -2.23. The molecule has 1 atom stereocenters. The van der Waals surface area contributed by atoms with Gasteiger partial charge in [-0.1, -0.05) is 11.6 Å². The molecular weight excluding hydrogens is 193 g/mol. The third kappa shape index (κ3) is 6.02. The Morgan fingerprint density at radius 1 is 1.29 bits per heavy atom. The van der Waals surface area contributed by atoms with Gasteiger partial charge in [0.15, 0.2) is 0 Å². The van der Waals surface area contributed by atoms with E-state index in [1.54, 1.807) is 6.08 Å². The van der Waals surface area contributed by atoms with E-state index in [1.165, 1.54) is 0 Å². The van der Waals surface area contributed by atoms with Crippen molar-refractivity contribution in [2.45, 2.75) is 39.3 Å². The summed E-state index contributed by atoms with van der Waals surface area (Å²) in [7, 11) is 0. The average molecular weight is 210 g/mol. The Bertz CT molecular complexity index is 180. The maximum Gasteiger partial charge on any atom is 0.391 e. The van der Waals surface area contributed by atoms with Gasteiger partial charge in [0, 0.05) is 6.61 Å². The van der Waals surface area contributed by atoms with Crippen LogP contribution in [-0.2, 0) is 0 Å². The third-order valence-corrected chi connectivity index (χ3v) is 2.01. The van der Waals surface area contributed by atoms with E-state index in [0.29, 0.717) is 6.42 Å². The fourth-order valence-electron chi connectivity index (χ4n) is 1.20. The van der Waals surface area contributed by atoms with E-state index >= 15 is 0 Å². The molecule has 84 valence electrons. The number of aliphatic hydroxyl groups excluding tert-OH is 1. The molecule has 0 aromatic rings. The largest absolute Gasteiger partial charge is 0.396 e. The molecule has 1 unspecified atom stereocenters. The second-order valence-electron chi connectivity index (χ2n) is 3.61. The fourth-order valence-corrected chi connectivity index (χ4v) is 1.20. The van der Waals surface area contributed by atoms with Crippen LogP contribution >= 0.6 is 0 Å². The van der Waals surface area contributed by atoms with Gasteiger partial charge < -0.3 is 5.11 Å². The van der Waals surface area contributed by atoms with Gasteiger partial charge in [0.05, 0.1) is 5.92 Å². The SMILES string of the molecule is CC(C)=CCCC(CCO)C(F)(F)F. The molecule has 14 heavy (non-hydrogen) atoms. The highest BCUT2D eigenvalue weighted by Crippen LogP contribution is 2.32. The van der Waals surface area contributed by atoms with Crippen LogP contribution in [0.2, 0.25) is 0 Å². The standard InChI is InChI=1S/C10H17F3O/c1-8(2)4-3-5-9(6-7-14)10(11,12)13/h4,9,14H,3,5-7H2,1-2H3. The summed E-state index contributed by atoms with van der Waals surface area (Å²) in [6.45, 7) is 3.31. The van der Waals surface area contributed by atoms with E-state index < -0.39 is 18.7 Å². The molecule has 0 heterocycles. The molecule has 0 spiro atoms. The lowest BCUT2D eigenvalue weighted by molar-refractivity contribution is -0.179. The summed E-state index contributed by atoms with van der Waals surface area (Å²) < 4.78 is 36.9. The molecule has 1 N–H and O–H groups in total. The molecule has 0 aliphatic heterocycles. The molecule has 0 radical (unpaired) electrons. The number of alkyl halides is 3. The molecule has 0 aliphatic carbocycles. The zero-order valence-corrected chi connectivity index (χ0v) is 8.56. The normalized spacial score (nSPS) is 13.9. The van der Waals surface area contributed by atoms with Crippen molar-refractivity contribution < 1.29 is 18.3 Å². The van der Waals surface area contributed by atoms with Gasteiger partial charge in [0.2, 0.25) is 0 Å². The minimum Gasteiger partial charge on any atom is -0.396 e. The van der Waals surface area contributed by atoms with E-state index in [4.69, 9.17) is 5.11 Å². The fraction of sp³-hybridized carbons (Fsp3) is 0.800. The first-order valence-electron chi connectivity index (χ1n) is 4.69. The first-order valence-corrected chi connectivity index (χ1v) is 4.69. The molecule has 0 aliphatic rings. The predicted octanol–water partition coefficient (Wildman–Crippen LogP) is 3.29. The molecular formula is C10H17F3O. The second kappa shape index (κ2) is 6.06. The van der Waals surface area contributed by atoms with Crippen LogP contribution in [-0.4, -0.2) is 17.9 Å². The average Bonchev–Trinajstić information content (AvgIpc) is 2.00. The van der Waals surface area contributed by atoms with E-state index in [2.05, 4.69) is 0 Å². The van der Waals surface area contributed by atoms with Crippen LogP contribution in [0, 0.1) is 5.92 Å². The van der Waals surface area contributed by atoms with Crippen LogP contribution in [0.1, 0.15) is 33.1 Å². The molecule has 0 aromatic heterocycles. The molecule has 0 saturated heterocycles. The van der Waals surface area contributed by atoms with Crippen LogP contribution in [0.15, 0.2) is 11.6 Å². The maximum absolute atomic E-state index is 12.3. The van der Waals surface area contributed by atoms with Crippen molar-refractivity contribution in [1.82, 2.24) is 0 Å². The smallest absolute Gasteiger partial charge is 0.391 e. The van der Waals surface area contributed by atoms with Gasteiger partial charge in [-0.25, -0.2) is 0 Å². The van der Waals surface area contributed by atoms with Crippen LogP contribution in [0.3, 0.4) is 0 Å². The molecule has 0 aromatic carbocycles. The van der Waals surface area contributed by atoms with Gasteiger partial charge in [0.25, 0.3) is 0 Å². The first-order chi connectivity index (χ1) is 6.38. The van der Waals surface area contributed by atoms with Gasteiger partial charge >= 0.3 is 6.18 Å². The molecule has 4 heteroatoms. The molecule has 0 amide bonds. The van der Waals surface area contributed by atoms with Crippen molar-refractivity contribution in [3.63, 3.8) is 0 Å². The Hall–Kier alpha value is -0.510. The monoisotopic (exact) mass is 210 g/mol. The number of aliphatic hydroxyl groups is 1. The Labute approximate surface area is 82.6 Å². The lowest BCUT2D eigenvalue weighted by Gasteiger charge is -2.18. The molecule has 0 saturated carbocycles. The van der Waals surface area contributed by atoms with Gasteiger partial charge in [-0.15, -0.1) is 0 Å². The highest BCUT2D eigenvalue weighted by atomic mass is 19.4. The first kappa shape index (κ1) is 13.5. The van der Waals surface area contributed by atoms with E-state index in [-0.39, 0.29) is 12.8 Å². The van der Waals surface area contributed by atoms with Crippen molar-refractivity contribution in [1.29, 1.82) is 0 Å². The molecule has 1 nitrogen and oxygen atoms in total. The number of hydrogen-bond acceptors (Lipinski definition) is 1. The number of rotatable bonds is 5. The lowest BCUT2D eigenvalue weighted by atomic mass is 9.98. The van der Waals surface area contributed by atoms with Crippen LogP contribution in [0.25, 0.3) is 0 Å². The van der Waals surface area contributed by atoms with Crippen LogP contribution in [0.5, 0.6) is 0 Å². The Morgan fingerprint density at radius 3 is 2.21 bits per heavy atom. The minimum atomic E-state index is -4.18. The van der Waals surface area contributed by atoms with Crippen molar-refractivity contribution in [3.8, 4) is 0 Å². The molecule has 0 fully saturated rings. The van der Waals surface area contributed by atoms with E-state index in [9.17, 15) is 13.2 Å². The zero-order chi connectivity index (χ0) is 11.2. The van der Waals surface area contributed by atoms with Crippen LogP contribution in [0.4, 0.5) is 13.2 Å². The van der Waals surface area contributed by atoms with Gasteiger partial charge in [-0.2, -0.15) is 13.2 Å². The number of halogens is 3. The van der Waals surface area contributed by atoms with Gasteiger partial charge in [-0.05, 0) is 33.1 Å². The number of allylic oxidation sites excluding steroid dienone is 2. The van der Waals surface area contributed by atoms with Crippen molar-refractivity contribution in [2.24, 2.45) is 5.92 Å². The third-order valence-electron chi connectivity index (χ3n) is 2.01. The molecule has 0 bridgehead atoms. The van der Waals surface area contributed by atoms with Crippen LogP contribution < -0.4 is 0 Å². The van der Waals surface area contributed by atoms with Gasteiger partial charge in [0.1, 0.15) is 0 Å². The van der Waals surface area contributed by atoms with E-state index in [0.717, 1.165) is 5.57 Å². The highest BCUT2D eigenvalue weighted by Gasteiger charge is 2.38. The summed E-state index contributed by atoms with van der Waals surface area (Å²) in [4.78, 5) is 0. The highest BCUT2D eigenvalue weighted by molar-refractivity contribution is 4.93. The quantitative estimate of drug-likeness (QED) is 0.690. The summed E-state index contributed by atoms with van der Waals surface area (Å²) in [5.41, 5.74) is 1.02. The Morgan fingerprint density at radius 2 is 1.86 bits per heavy atom. The van der Waals surface area contributed by atoms with Crippen molar-refractivity contribution in [2.75, 3.05) is 6.61 Å². The predicted molar refractivity (Wildman–Crippen MR) is 49.9 cm³/mol. The number of hydrogen-bond donors (Lipinski definition) is 1. The second-order valence-corrected chi connectivity index (χ2v) is 3.61. The van der Waals surface area contributed by atoms with Crippen molar-refractivity contribution >= 4 is 0 Å². The topological polar surface area (TPSA) is 20.2 Å². The maximum atomic E-state index is 12.3. The minimum absolute atomic E-state index is 0.0647. The molecule has 0 rings (SSSR count). The van der Waals surface area contributed by atoms with E-state index in [1.807, 2.05) is 13.8 Å². The summed E-state index contributed by atoms with van der Waals surface area (Å²) in [5.74, 6) is -1.37. The Balaban J connectivity index is 4.05. The van der Waals surface area contributed by atoms with Crippen molar-refractivity contribution in [3.05, 3.63) is 11.6 Å². The van der Waals surface area contributed by atoms with Gasteiger partial charge in [-0.3, -0.25) is 0 Å². The summed E-state index contributed by atoms with van der Waals surface area (Å²) >= 11 is 0. The Kier molecular flexibility index (Phi) is 5.84. The zero-order valence-electron chi connectivity index (χ0n) is 8.56. The summed E-state index contributed by atoms with van der Waals surface area (Å²) in [5, 5.41) is 8.49. The summed E-state index contributed by atoms with van der Waals surface area (Å²) in [6.07, 6.45) is -2.10. The summed E-state index contributed by atoms with van der Waals surface area (Å²) in [6, 6.07) is 0.